The Kier molecular flexibility index (Phi) is 5.66. The summed E-state index contributed by atoms with van der Waals surface area (Å²) in [6, 6.07) is 7.51. The molecule has 1 fully saturated rings. The molecular weight excluding hydrogens is 280 g/mol. The van der Waals surface area contributed by atoms with Crippen molar-refractivity contribution in [2.45, 2.75) is 52.4 Å². The van der Waals surface area contributed by atoms with E-state index in [0.717, 1.165) is 17.9 Å². The molecule has 2 rings (SSSR count). The van der Waals surface area contributed by atoms with Crippen LogP contribution in [0.4, 0.5) is 10.5 Å². The lowest BCUT2D eigenvalue weighted by atomic mass is 10.2. The number of nitrogens with one attached hydrogen (secondary N) is 1. The first kappa shape index (κ1) is 16.6. The highest BCUT2D eigenvalue weighted by Crippen LogP contribution is 2.20. The third-order valence-corrected chi connectivity index (χ3v) is 3.87. The molecule has 0 aromatic heterocycles. The molecule has 0 saturated carbocycles. The summed E-state index contributed by atoms with van der Waals surface area (Å²) in [4.78, 5) is 14.2. The number of hydrogen-bond acceptors (Lipinski definition) is 3. The predicted molar refractivity (Wildman–Crippen MR) is 87.4 cm³/mol. The van der Waals surface area contributed by atoms with Crippen LogP contribution >= 0.6 is 0 Å². The minimum Gasteiger partial charge on any atom is -0.491 e. The highest BCUT2D eigenvalue weighted by molar-refractivity contribution is 5.89. The van der Waals surface area contributed by atoms with Gasteiger partial charge in [0.2, 0.25) is 0 Å². The van der Waals surface area contributed by atoms with Gasteiger partial charge in [0, 0.05) is 18.3 Å². The van der Waals surface area contributed by atoms with Crippen LogP contribution in [0.5, 0.6) is 5.75 Å². The normalized spacial score (nSPS) is 23.0. The smallest absolute Gasteiger partial charge is 0.322 e. The molecule has 0 unspecified atom stereocenters. The number of rotatable bonds is 4. The van der Waals surface area contributed by atoms with Crippen molar-refractivity contribution in [3.05, 3.63) is 24.3 Å². The molecule has 5 heteroatoms. The van der Waals surface area contributed by atoms with E-state index < -0.39 is 0 Å². The van der Waals surface area contributed by atoms with Crippen molar-refractivity contribution in [3.8, 4) is 5.75 Å². The molecule has 3 atom stereocenters. The van der Waals surface area contributed by atoms with Crippen molar-refractivity contribution in [2.24, 2.45) is 0 Å². The minimum atomic E-state index is -0.0941. The Morgan fingerprint density at radius 3 is 3.00 bits per heavy atom. The Hall–Kier alpha value is -1.75. The second-order valence-electron chi connectivity index (χ2n) is 5.94. The van der Waals surface area contributed by atoms with Gasteiger partial charge in [-0.1, -0.05) is 13.0 Å². The largest absolute Gasteiger partial charge is 0.491 e. The highest BCUT2D eigenvalue weighted by Gasteiger charge is 2.27. The highest BCUT2D eigenvalue weighted by atomic mass is 16.5. The van der Waals surface area contributed by atoms with Crippen molar-refractivity contribution in [3.63, 3.8) is 0 Å². The summed E-state index contributed by atoms with van der Waals surface area (Å²) in [7, 11) is 0. The van der Waals surface area contributed by atoms with Crippen molar-refractivity contribution in [1.82, 2.24) is 4.90 Å². The van der Waals surface area contributed by atoms with Gasteiger partial charge in [-0.05, 0) is 39.3 Å². The maximum absolute atomic E-state index is 12.4. The molecule has 1 aromatic carbocycles. The second-order valence-corrected chi connectivity index (χ2v) is 5.94. The van der Waals surface area contributed by atoms with Gasteiger partial charge in [-0.25, -0.2) is 4.79 Å². The average molecular weight is 306 g/mol. The average Bonchev–Trinajstić information content (AvgIpc) is 2.49. The first-order chi connectivity index (χ1) is 10.5. The molecule has 0 radical (unpaired) electrons. The zero-order chi connectivity index (χ0) is 16.1. The molecule has 0 aliphatic carbocycles. The molecule has 122 valence electrons. The van der Waals surface area contributed by atoms with Crippen LogP contribution in [-0.4, -0.2) is 42.3 Å². The lowest BCUT2D eigenvalue weighted by molar-refractivity contribution is -0.0296. The summed E-state index contributed by atoms with van der Waals surface area (Å²) in [5.41, 5.74) is 0.747. The van der Waals surface area contributed by atoms with E-state index in [4.69, 9.17) is 9.47 Å². The number of hydrogen-bond donors (Lipinski definition) is 1. The molecule has 1 aliphatic rings. The van der Waals surface area contributed by atoms with Gasteiger partial charge < -0.3 is 19.7 Å². The Labute approximate surface area is 132 Å². The molecule has 1 saturated heterocycles. The monoisotopic (exact) mass is 306 g/mol. The summed E-state index contributed by atoms with van der Waals surface area (Å²) in [5.74, 6) is 0.774. The van der Waals surface area contributed by atoms with Crippen LogP contribution in [0.2, 0.25) is 0 Å². The third kappa shape index (κ3) is 4.37. The van der Waals surface area contributed by atoms with E-state index in [2.05, 4.69) is 12.2 Å². The molecule has 0 spiro atoms. The van der Waals surface area contributed by atoms with E-state index in [1.807, 2.05) is 49.9 Å². The molecule has 1 N–H and O–H groups in total. The summed E-state index contributed by atoms with van der Waals surface area (Å²) in [6.45, 7) is 9.27. The SMILES string of the molecule is CC[C@H](C)Oc1cccc(NC(=O)N2C[C@H](C)OC[C@H]2C)c1. The number of nitrogens with zero attached hydrogens (tertiary/aromatic N) is 1. The number of morpholine rings is 1. The lowest BCUT2D eigenvalue weighted by Gasteiger charge is -2.36. The number of ether oxygens (including phenoxy) is 2. The van der Waals surface area contributed by atoms with Crippen LogP contribution in [0.1, 0.15) is 34.1 Å². The van der Waals surface area contributed by atoms with E-state index in [9.17, 15) is 4.79 Å². The van der Waals surface area contributed by atoms with Gasteiger partial charge in [-0.2, -0.15) is 0 Å². The fourth-order valence-corrected chi connectivity index (χ4v) is 2.34. The summed E-state index contributed by atoms with van der Waals surface area (Å²) >= 11 is 0. The van der Waals surface area contributed by atoms with Gasteiger partial charge in [-0.15, -0.1) is 0 Å². The molecule has 1 aliphatic heterocycles. The summed E-state index contributed by atoms with van der Waals surface area (Å²) in [6.07, 6.45) is 1.17. The molecular formula is C17H26N2O3. The first-order valence-corrected chi connectivity index (χ1v) is 7.95. The maximum Gasteiger partial charge on any atom is 0.322 e. The number of benzene rings is 1. The lowest BCUT2D eigenvalue weighted by Crippen LogP contribution is -2.51. The summed E-state index contributed by atoms with van der Waals surface area (Å²) < 4.78 is 11.3. The van der Waals surface area contributed by atoms with Gasteiger partial charge in [0.15, 0.2) is 0 Å². The van der Waals surface area contributed by atoms with Crippen LogP contribution in [0.25, 0.3) is 0 Å². The van der Waals surface area contributed by atoms with Gasteiger partial charge in [0.05, 0.1) is 24.9 Å². The van der Waals surface area contributed by atoms with Gasteiger partial charge >= 0.3 is 6.03 Å². The third-order valence-electron chi connectivity index (χ3n) is 3.87. The van der Waals surface area contributed by atoms with Gasteiger partial charge in [0.1, 0.15) is 5.75 Å². The van der Waals surface area contributed by atoms with E-state index in [0.29, 0.717) is 13.2 Å². The van der Waals surface area contributed by atoms with Gasteiger partial charge in [0.25, 0.3) is 0 Å². The second kappa shape index (κ2) is 7.49. The van der Waals surface area contributed by atoms with Crippen LogP contribution in [-0.2, 0) is 4.74 Å². The van der Waals surface area contributed by atoms with Crippen LogP contribution in [0.15, 0.2) is 24.3 Å². The summed E-state index contributed by atoms with van der Waals surface area (Å²) in [5, 5.41) is 2.95. The van der Waals surface area contributed by atoms with Crippen molar-refractivity contribution in [2.75, 3.05) is 18.5 Å². The number of carbonyl (C=O) groups excluding carboxylic acids is 1. The van der Waals surface area contributed by atoms with E-state index in [1.165, 1.54) is 0 Å². The van der Waals surface area contributed by atoms with E-state index in [1.54, 1.807) is 0 Å². The molecule has 0 bridgehead atoms. The predicted octanol–water partition coefficient (Wildman–Crippen LogP) is 3.51. The van der Waals surface area contributed by atoms with E-state index in [-0.39, 0.29) is 24.3 Å². The number of amides is 2. The fraction of sp³-hybridized carbons (Fsp3) is 0.588. The fourth-order valence-electron chi connectivity index (χ4n) is 2.34. The first-order valence-electron chi connectivity index (χ1n) is 7.95. The number of anilines is 1. The number of carbonyl (C=O) groups is 1. The molecule has 2 amide bonds. The number of urea groups is 1. The zero-order valence-corrected chi connectivity index (χ0v) is 13.8. The standard InChI is InChI=1S/C17H26N2O3/c1-5-13(3)22-16-8-6-7-15(9-16)18-17(20)19-10-14(4)21-11-12(19)2/h6-9,12-14H,5,10-11H2,1-4H3,(H,18,20)/t12-,13+,14+/m1/s1. The van der Waals surface area contributed by atoms with Crippen molar-refractivity contribution < 1.29 is 14.3 Å². The Balaban J connectivity index is 2.00. The van der Waals surface area contributed by atoms with Crippen LogP contribution < -0.4 is 10.1 Å². The van der Waals surface area contributed by atoms with E-state index >= 15 is 0 Å². The van der Waals surface area contributed by atoms with Gasteiger partial charge in [-0.3, -0.25) is 0 Å². The Morgan fingerprint density at radius 2 is 2.27 bits per heavy atom. The molecule has 1 heterocycles. The van der Waals surface area contributed by atoms with Crippen molar-refractivity contribution in [1.29, 1.82) is 0 Å². The van der Waals surface area contributed by atoms with Crippen molar-refractivity contribution >= 4 is 11.7 Å². The zero-order valence-electron chi connectivity index (χ0n) is 13.8. The Morgan fingerprint density at radius 1 is 1.50 bits per heavy atom. The van der Waals surface area contributed by atoms with Crippen LogP contribution in [0.3, 0.4) is 0 Å². The van der Waals surface area contributed by atoms with Crippen LogP contribution in [0, 0.1) is 0 Å². The molecule has 5 nitrogen and oxygen atoms in total. The molecule has 22 heavy (non-hydrogen) atoms. The topological polar surface area (TPSA) is 50.8 Å². The minimum absolute atomic E-state index is 0.0713. The molecule has 1 aromatic rings. The maximum atomic E-state index is 12.4. The Bertz CT molecular complexity index is 506. The quantitative estimate of drug-likeness (QED) is 0.926.